The van der Waals surface area contributed by atoms with E-state index in [0.29, 0.717) is 41.8 Å². The second-order valence-electron chi connectivity index (χ2n) is 7.00. The van der Waals surface area contributed by atoms with E-state index in [1.165, 1.54) is 7.11 Å². The Labute approximate surface area is 180 Å². The first-order valence-electron chi connectivity index (χ1n) is 9.51. The van der Waals surface area contributed by atoms with Gasteiger partial charge in [0.2, 0.25) is 5.91 Å². The minimum Gasteiger partial charge on any atom is -0.493 e. The standard InChI is InChI=1S/C22H24ClNO6/c1-28-9-8-24-20(25)12-17(22(26)27)21(24)15-6-7-18(19(11-15)29-2)30-13-14-4-3-5-16(23)10-14/h3-7,10-11,17,21H,8-9,12-13H2,1-2H3,(H,26,27)/t17-,21+/m0/s1. The predicted octanol–water partition coefficient (Wildman–Crippen LogP) is 3.55. The summed E-state index contributed by atoms with van der Waals surface area (Å²) < 4.78 is 16.4. The van der Waals surface area contributed by atoms with Crippen LogP contribution >= 0.6 is 11.6 Å². The molecule has 1 saturated heterocycles. The van der Waals surface area contributed by atoms with Crippen LogP contribution in [0.3, 0.4) is 0 Å². The number of halogens is 1. The molecule has 1 fully saturated rings. The van der Waals surface area contributed by atoms with Crippen LogP contribution in [-0.4, -0.2) is 49.3 Å². The molecule has 1 amide bonds. The van der Waals surface area contributed by atoms with Gasteiger partial charge >= 0.3 is 5.97 Å². The quantitative estimate of drug-likeness (QED) is 0.651. The number of likely N-dealkylation sites (tertiary alicyclic amines) is 1. The molecule has 2 aromatic rings. The van der Waals surface area contributed by atoms with Crippen LogP contribution in [0.15, 0.2) is 42.5 Å². The van der Waals surface area contributed by atoms with Crippen LogP contribution in [0, 0.1) is 5.92 Å². The highest BCUT2D eigenvalue weighted by Gasteiger charge is 2.44. The Morgan fingerprint density at radius 3 is 2.67 bits per heavy atom. The predicted molar refractivity (Wildman–Crippen MR) is 111 cm³/mol. The summed E-state index contributed by atoms with van der Waals surface area (Å²) in [5.41, 5.74) is 1.59. The first kappa shape index (κ1) is 21.9. The molecule has 160 valence electrons. The minimum absolute atomic E-state index is 0.0426. The topological polar surface area (TPSA) is 85.3 Å². The number of carbonyl (C=O) groups excluding carboxylic acids is 1. The number of amides is 1. The molecule has 7 nitrogen and oxygen atoms in total. The van der Waals surface area contributed by atoms with E-state index in [2.05, 4.69) is 0 Å². The zero-order valence-corrected chi connectivity index (χ0v) is 17.6. The molecule has 0 aliphatic carbocycles. The fourth-order valence-electron chi connectivity index (χ4n) is 3.65. The van der Waals surface area contributed by atoms with Gasteiger partial charge in [-0.25, -0.2) is 0 Å². The Kier molecular flexibility index (Phi) is 7.18. The number of hydrogen-bond acceptors (Lipinski definition) is 5. The number of methoxy groups -OCH3 is 2. The summed E-state index contributed by atoms with van der Waals surface area (Å²) in [7, 11) is 3.06. The van der Waals surface area contributed by atoms with Gasteiger partial charge in [-0.2, -0.15) is 0 Å². The zero-order chi connectivity index (χ0) is 21.7. The van der Waals surface area contributed by atoms with Crippen molar-refractivity contribution in [2.75, 3.05) is 27.4 Å². The normalized spacial score (nSPS) is 18.5. The number of nitrogens with zero attached hydrogens (tertiary/aromatic N) is 1. The number of ether oxygens (including phenoxy) is 3. The first-order chi connectivity index (χ1) is 14.4. The van der Waals surface area contributed by atoms with Crippen molar-refractivity contribution in [3.8, 4) is 11.5 Å². The van der Waals surface area contributed by atoms with Crippen molar-refractivity contribution in [3.05, 3.63) is 58.6 Å². The molecule has 1 aliphatic heterocycles. The monoisotopic (exact) mass is 433 g/mol. The highest BCUT2D eigenvalue weighted by molar-refractivity contribution is 6.30. The maximum absolute atomic E-state index is 12.4. The molecule has 30 heavy (non-hydrogen) atoms. The molecular weight excluding hydrogens is 410 g/mol. The highest BCUT2D eigenvalue weighted by atomic mass is 35.5. The van der Waals surface area contributed by atoms with Gasteiger partial charge in [0.25, 0.3) is 0 Å². The van der Waals surface area contributed by atoms with Crippen molar-refractivity contribution in [1.82, 2.24) is 4.90 Å². The molecule has 0 saturated carbocycles. The van der Waals surface area contributed by atoms with Gasteiger partial charge in [0.15, 0.2) is 11.5 Å². The summed E-state index contributed by atoms with van der Waals surface area (Å²) in [6.07, 6.45) is -0.0426. The molecule has 2 atom stereocenters. The van der Waals surface area contributed by atoms with Gasteiger partial charge in [0.1, 0.15) is 6.61 Å². The third-order valence-electron chi connectivity index (χ3n) is 5.10. The van der Waals surface area contributed by atoms with E-state index < -0.39 is 17.9 Å². The van der Waals surface area contributed by atoms with E-state index in [1.54, 1.807) is 36.3 Å². The largest absolute Gasteiger partial charge is 0.493 e. The maximum atomic E-state index is 12.4. The molecule has 2 aromatic carbocycles. The summed E-state index contributed by atoms with van der Waals surface area (Å²) in [4.78, 5) is 25.8. The van der Waals surface area contributed by atoms with Gasteiger partial charge in [0.05, 0.1) is 25.7 Å². The van der Waals surface area contributed by atoms with Crippen molar-refractivity contribution in [2.45, 2.75) is 19.1 Å². The van der Waals surface area contributed by atoms with Gasteiger partial charge < -0.3 is 24.2 Å². The lowest BCUT2D eigenvalue weighted by Gasteiger charge is -2.27. The summed E-state index contributed by atoms with van der Waals surface area (Å²) >= 11 is 6.01. The van der Waals surface area contributed by atoms with E-state index >= 15 is 0 Å². The number of hydrogen-bond donors (Lipinski definition) is 1. The van der Waals surface area contributed by atoms with E-state index in [9.17, 15) is 14.7 Å². The maximum Gasteiger partial charge on any atom is 0.309 e. The van der Waals surface area contributed by atoms with Crippen LogP contribution in [0.25, 0.3) is 0 Å². The van der Waals surface area contributed by atoms with E-state index in [1.807, 2.05) is 18.2 Å². The third kappa shape index (κ3) is 4.86. The van der Waals surface area contributed by atoms with E-state index in [0.717, 1.165) is 5.56 Å². The molecule has 1 aliphatic rings. The third-order valence-corrected chi connectivity index (χ3v) is 5.33. The average Bonchev–Trinajstić information content (AvgIpc) is 3.07. The Hall–Kier alpha value is -2.77. The van der Waals surface area contributed by atoms with Crippen LogP contribution in [0.2, 0.25) is 5.02 Å². The SMILES string of the molecule is COCCN1C(=O)C[C@H](C(=O)O)[C@H]1c1ccc(OCc2cccc(Cl)c2)c(OC)c1. The lowest BCUT2D eigenvalue weighted by Crippen LogP contribution is -2.33. The van der Waals surface area contributed by atoms with Crippen molar-refractivity contribution >= 4 is 23.5 Å². The summed E-state index contributed by atoms with van der Waals surface area (Å²) in [5, 5.41) is 10.3. The molecule has 8 heteroatoms. The highest BCUT2D eigenvalue weighted by Crippen LogP contribution is 2.41. The molecule has 1 heterocycles. The van der Waals surface area contributed by atoms with Gasteiger partial charge in [-0.3, -0.25) is 9.59 Å². The summed E-state index contributed by atoms with van der Waals surface area (Å²) in [6, 6.07) is 12.0. The van der Waals surface area contributed by atoms with E-state index in [-0.39, 0.29) is 12.3 Å². The molecule has 0 bridgehead atoms. The molecule has 0 radical (unpaired) electrons. The zero-order valence-electron chi connectivity index (χ0n) is 16.8. The molecular formula is C22H24ClNO6. The van der Waals surface area contributed by atoms with Gasteiger partial charge in [-0.1, -0.05) is 29.8 Å². The smallest absolute Gasteiger partial charge is 0.309 e. The fraction of sp³-hybridized carbons (Fsp3) is 0.364. The van der Waals surface area contributed by atoms with Gasteiger partial charge in [-0.15, -0.1) is 0 Å². The first-order valence-corrected chi connectivity index (χ1v) is 9.88. The second kappa shape index (κ2) is 9.82. The lowest BCUT2D eigenvalue weighted by molar-refractivity contribution is -0.142. The number of benzene rings is 2. The number of carboxylic acids is 1. The molecule has 0 spiro atoms. The van der Waals surface area contributed by atoms with Gasteiger partial charge in [0, 0.05) is 25.1 Å². The van der Waals surface area contributed by atoms with Crippen molar-refractivity contribution in [2.24, 2.45) is 5.92 Å². The van der Waals surface area contributed by atoms with Crippen LogP contribution < -0.4 is 9.47 Å². The number of rotatable bonds is 9. The average molecular weight is 434 g/mol. The number of aliphatic carboxylic acids is 1. The molecule has 0 unspecified atom stereocenters. The second-order valence-corrected chi connectivity index (χ2v) is 7.44. The van der Waals surface area contributed by atoms with E-state index in [4.69, 9.17) is 25.8 Å². The Morgan fingerprint density at radius 2 is 2.00 bits per heavy atom. The molecule has 1 N–H and O–H groups in total. The van der Waals surface area contributed by atoms with Gasteiger partial charge in [-0.05, 0) is 35.4 Å². The fourth-order valence-corrected chi connectivity index (χ4v) is 3.87. The molecule has 3 rings (SSSR count). The number of carboxylic acid groups (broad SMARTS) is 1. The Morgan fingerprint density at radius 1 is 1.20 bits per heavy atom. The van der Waals surface area contributed by atoms with Crippen LogP contribution in [0.5, 0.6) is 11.5 Å². The minimum atomic E-state index is -1.01. The Balaban J connectivity index is 1.85. The van der Waals surface area contributed by atoms with Crippen molar-refractivity contribution in [3.63, 3.8) is 0 Å². The summed E-state index contributed by atoms with van der Waals surface area (Å²) in [5.74, 6) is -1.07. The lowest BCUT2D eigenvalue weighted by atomic mass is 9.93. The van der Waals surface area contributed by atoms with Crippen LogP contribution in [0.1, 0.15) is 23.6 Å². The summed E-state index contributed by atoms with van der Waals surface area (Å²) in [6.45, 7) is 0.946. The number of carbonyl (C=O) groups is 2. The van der Waals surface area contributed by atoms with Crippen molar-refractivity contribution < 1.29 is 28.9 Å². The molecule has 0 aromatic heterocycles. The van der Waals surface area contributed by atoms with Crippen molar-refractivity contribution in [1.29, 1.82) is 0 Å². The van der Waals surface area contributed by atoms with Crippen LogP contribution in [0.4, 0.5) is 0 Å². The van der Waals surface area contributed by atoms with Crippen LogP contribution in [-0.2, 0) is 20.9 Å². The Bertz CT molecular complexity index is 918.